The minimum Gasteiger partial charge on any atom is -0.481 e. The molecule has 1 aromatic rings. The van der Waals surface area contributed by atoms with Gasteiger partial charge in [-0.1, -0.05) is 19.3 Å². The van der Waals surface area contributed by atoms with E-state index in [4.69, 9.17) is 5.11 Å². The summed E-state index contributed by atoms with van der Waals surface area (Å²) in [6.45, 7) is 0. The number of carboxylic acids is 1. The Morgan fingerprint density at radius 3 is 2.75 bits per heavy atom. The maximum Gasteiger partial charge on any atom is 0.309 e. The van der Waals surface area contributed by atoms with Gasteiger partial charge in [-0.3, -0.25) is 4.79 Å². The average molecular weight is 220 g/mol. The van der Waals surface area contributed by atoms with Gasteiger partial charge in [-0.15, -0.1) is 0 Å². The molecule has 1 N–H and O–H groups in total. The van der Waals surface area contributed by atoms with Crippen molar-refractivity contribution in [2.75, 3.05) is 0 Å². The zero-order valence-electron chi connectivity index (χ0n) is 9.22. The number of nitrogens with zero attached hydrogens (tertiary/aromatic N) is 2. The predicted octanol–water partition coefficient (Wildman–Crippen LogP) is 2.15. The van der Waals surface area contributed by atoms with E-state index in [9.17, 15) is 4.79 Å². The molecule has 1 heterocycles. The van der Waals surface area contributed by atoms with Crippen molar-refractivity contribution in [1.82, 2.24) is 9.97 Å². The van der Waals surface area contributed by atoms with E-state index >= 15 is 0 Å². The zero-order chi connectivity index (χ0) is 11.4. The highest BCUT2D eigenvalue weighted by Crippen LogP contribution is 2.31. The molecule has 1 fully saturated rings. The predicted molar refractivity (Wildman–Crippen MR) is 59.2 cm³/mol. The Hall–Kier alpha value is -1.45. The first-order valence-electron chi connectivity index (χ1n) is 5.78. The van der Waals surface area contributed by atoms with Crippen LogP contribution in [0.4, 0.5) is 0 Å². The largest absolute Gasteiger partial charge is 0.481 e. The molecule has 0 aliphatic heterocycles. The van der Waals surface area contributed by atoms with Crippen LogP contribution in [0.3, 0.4) is 0 Å². The first kappa shape index (κ1) is 11.0. The first-order chi connectivity index (χ1) is 7.75. The molecule has 2 rings (SSSR count). The van der Waals surface area contributed by atoms with Gasteiger partial charge in [0.05, 0.1) is 12.1 Å². The highest BCUT2D eigenvalue weighted by molar-refractivity contribution is 5.69. The second kappa shape index (κ2) is 5.05. The molecule has 1 aliphatic rings. The van der Waals surface area contributed by atoms with Crippen molar-refractivity contribution in [2.45, 2.75) is 44.4 Å². The van der Waals surface area contributed by atoms with Crippen LogP contribution in [-0.2, 0) is 11.2 Å². The fourth-order valence-electron chi connectivity index (χ4n) is 2.29. The molecule has 0 bridgehead atoms. The van der Waals surface area contributed by atoms with Gasteiger partial charge in [-0.2, -0.15) is 0 Å². The smallest absolute Gasteiger partial charge is 0.309 e. The normalized spacial score (nSPS) is 17.2. The summed E-state index contributed by atoms with van der Waals surface area (Å²) < 4.78 is 0. The van der Waals surface area contributed by atoms with Crippen molar-refractivity contribution >= 4 is 5.97 Å². The maximum absolute atomic E-state index is 10.6. The lowest BCUT2D eigenvalue weighted by atomic mass is 9.86. The van der Waals surface area contributed by atoms with Gasteiger partial charge in [0.25, 0.3) is 0 Å². The molecule has 86 valence electrons. The third-order valence-corrected chi connectivity index (χ3v) is 3.10. The van der Waals surface area contributed by atoms with Gasteiger partial charge in [0.15, 0.2) is 0 Å². The minimum absolute atomic E-state index is 0.0117. The van der Waals surface area contributed by atoms with E-state index in [1.165, 1.54) is 38.4 Å². The van der Waals surface area contributed by atoms with Crippen LogP contribution >= 0.6 is 0 Å². The molecule has 1 saturated carbocycles. The molecule has 0 unspecified atom stereocenters. The van der Waals surface area contributed by atoms with Crippen molar-refractivity contribution in [3.8, 4) is 0 Å². The summed E-state index contributed by atoms with van der Waals surface area (Å²) in [5, 5.41) is 8.71. The summed E-state index contributed by atoms with van der Waals surface area (Å²) in [5.74, 6) is -0.336. The molecule has 0 amide bonds. The van der Waals surface area contributed by atoms with E-state index in [0.717, 1.165) is 5.69 Å². The summed E-state index contributed by atoms with van der Waals surface area (Å²) in [6.07, 6.45) is 7.63. The summed E-state index contributed by atoms with van der Waals surface area (Å²) in [6, 6.07) is 1.85. The molecule has 16 heavy (non-hydrogen) atoms. The number of rotatable bonds is 3. The molecule has 4 nitrogen and oxygen atoms in total. The standard InChI is InChI=1S/C12H16N2O2/c15-12(16)7-10-6-11(14-8-13-10)9-4-2-1-3-5-9/h6,8-9H,1-5,7H2,(H,15,16). The zero-order valence-corrected chi connectivity index (χ0v) is 9.22. The van der Waals surface area contributed by atoms with Gasteiger partial charge in [0, 0.05) is 11.6 Å². The van der Waals surface area contributed by atoms with Crippen LogP contribution in [0.2, 0.25) is 0 Å². The Bertz CT molecular complexity index is 373. The van der Waals surface area contributed by atoms with Gasteiger partial charge in [0.1, 0.15) is 6.33 Å². The Labute approximate surface area is 94.7 Å². The van der Waals surface area contributed by atoms with Crippen molar-refractivity contribution in [1.29, 1.82) is 0 Å². The van der Waals surface area contributed by atoms with E-state index < -0.39 is 5.97 Å². The number of hydrogen-bond acceptors (Lipinski definition) is 3. The molecule has 0 radical (unpaired) electrons. The Morgan fingerprint density at radius 2 is 2.06 bits per heavy atom. The van der Waals surface area contributed by atoms with Gasteiger partial charge in [-0.05, 0) is 18.9 Å². The minimum atomic E-state index is -0.840. The highest BCUT2D eigenvalue weighted by atomic mass is 16.4. The van der Waals surface area contributed by atoms with Gasteiger partial charge < -0.3 is 5.11 Å². The number of aliphatic carboxylic acids is 1. The molecule has 1 aliphatic carbocycles. The van der Waals surface area contributed by atoms with Crippen LogP contribution in [0, 0.1) is 0 Å². The van der Waals surface area contributed by atoms with Gasteiger partial charge >= 0.3 is 5.97 Å². The Kier molecular flexibility index (Phi) is 3.49. The first-order valence-corrected chi connectivity index (χ1v) is 5.78. The van der Waals surface area contributed by atoms with Crippen LogP contribution in [0.5, 0.6) is 0 Å². The van der Waals surface area contributed by atoms with Crippen LogP contribution in [0.1, 0.15) is 49.4 Å². The van der Waals surface area contributed by atoms with E-state index in [1.807, 2.05) is 6.07 Å². The Balaban J connectivity index is 2.11. The third-order valence-electron chi connectivity index (χ3n) is 3.10. The van der Waals surface area contributed by atoms with Crippen molar-refractivity contribution in [2.24, 2.45) is 0 Å². The van der Waals surface area contributed by atoms with Gasteiger partial charge in [0.2, 0.25) is 0 Å². The lowest BCUT2D eigenvalue weighted by Crippen LogP contribution is -2.09. The molecular weight excluding hydrogens is 204 g/mol. The molecule has 0 spiro atoms. The second-order valence-electron chi connectivity index (χ2n) is 4.34. The summed E-state index contributed by atoms with van der Waals surface area (Å²) in [4.78, 5) is 18.8. The lowest BCUT2D eigenvalue weighted by Gasteiger charge is -2.20. The number of carbonyl (C=O) groups is 1. The summed E-state index contributed by atoms with van der Waals surface area (Å²) >= 11 is 0. The monoisotopic (exact) mass is 220 g/mol. The fraction of sp³-hybridized carbons (Fsp3) is 0.583. The van der Waals surface area contributed by atoms with E-state index in [-0.39, 0.29) is 6.42 Å². The van der Waals surface area contributed by atoms with E-state index in [2.05, 4.69) is 9.97 Å². The van der Waals surface area contributed by atoms with Crippen LogP contribution in [0.25, 0.3) is 0 Å². The van der Waals surface area contributed by atoms with Crippen molar-refractivity contribution in [3.05, 3.63) is 23.8 Å². The van der Waals surface area contributed by atoms with Crippen LogP contribution in [-0.4, -0.2) is 21.0 Å². The van der Waals surface area contributed by atoms with E-state index in [1.54, 1.807) is 0 Å². The molecule has 0 aromatic carbocycles. The lowest BCUT2D eigenvalue weighted by molar-refractivity contribution is -0.136. The quantitative estimate of drug-likeness (QED) is 0.847. The fourth-order valence-corrected chi connectivity index (χ4v) is 2.29. The average Bonchev–Trinajstić information content (AvgIpc) is 2.30. The molecule has 4 heteroatoms. The van der Waals surface area contributed by atoms with Gasteiger partial charge in [-0.25, -0.2) is 9.97 Å². The summed E-state index contributed by atoms with van der Waals surface area (Å²) in [5.41, 5.74) is 1.63. The Morgan fingerprint density at radius 1 is 1.31 bits per heavy atom. The maximum atomic E-state index is 10.6. The molecule has 0 atom stereocenters. The molecular formula is C12H16N2O2. The van der Waals surface area contributed by atoms with Crippen LogP contribution in [0.15, 0.2) is 12.4 Å². The third kappa shape index (κ3) is 2.78. The van der Waals surface area contributed by atoms with E-state index in [0.29, 0.717) is 11.6 Å². The summed E-state index contributed by atoms with van der Waals surface area (Å²) in [7, 11) is 0. The SMILES string of the molecule is O=C(O)Cc1cc(C2CCCCC2)ncn1. The van der Waals surface area contributed by atoms with Crippen molar-refractivity contribution in [3.63, 3.8) is 0 Å². The number of aromatic nitrogens is 2. The van der Waals surface area contributed by atoms with Crippen molar-refractivity contribution < 1.29 is 9.90 Å². The number of hydrogen-bond donors (Lipinski definition) is 1. The molecule has 1 aromatic heterocycles. The number of carboxylic acid groups (broad SMARTS) is 1. The highest BCUT2D eigenvalue weighted by Gasteiger charge is 2.17. The topological polar surface area (TPSA) is 63.1 Å². The second-order valence-corrected chi connectivity index (χ2v) is 4.34. The van der Waals surface area contributed by atoms with Crippen LogP contribution < -0.4 is 0 Å². The molecule has 0 saturated heterocycles.